The second-order valence-electron chi connectivity index (χ2n) is 5.77. The number of nitrogens with one attached hydrogen (secondary N) is 1. The van der Waals surface area contributed by atoms with Gasteiger partial charge in [-0.25, -0.2) is 0 Å². The van der Waals surface area contributed by atoms with Crippen LogP contribution in [-0.4, -0.2) is 36.6 Å². The number of nitrogens with zero attached hydrogens (tertiary/aromatic N) is 1. The third-order valence-electron chi connectivity index (χ3n) is 4.42. The third-order valence-corrected chi connectivity index (χ3v) is 4.42. The van der Waals surface area contributed by atoms with Crippen molar-refractivity contribution in [2.75, 3.05) is 19.6 Å². The first-order chi connectivity index (χ1) is 8.81. The minimum atomic E-state index is 0.743. The van der Waals surface area contributed by atoms with Crippen molar-refractivity contribution < 1.29 is 0 Å². The summed E-state index contributed by atoms with van der Waals surface area (Å²) in [6.45, 7) is 10.6. The van der Waals surface area contributed by atoms with Crippen LogP contribution < -0.4 is 5.32 Å². The van der Waals surface area contributed by atoms with Gasteiger partial charge in [-0.2, -0.15) is 0 Å². The molecule has 1 fully saturated rings. The summed E-state index contributed by atoms with van der Waals surface area (Å²) in [7, 11) is 0. The number of hydrogen-bond acceptors (Lipinski definition) is 2. The SMILES string of the molecule is CCCNC(CC)CCCN(CC)C1CCCC1. The predicted octanol–water partition coefficient (Wildman–Crippen LogP) is 3.81. The lowest BCUT2D eigenvalue weighted by atomic mass is 10.1. The zero-order chi connectivity index (χ0) is 13.2. The zero-order valence-corrected chi connectivity index (χ0v) is 12.9. The van der Waals surface area contributed by atoms with Crippen molar-refractivity contribution in [1.29, 1.82) is 0 Å². The van der Waals surface area contributed by atoms with Crippen molar-refractivity contribution in [3.8, 4) is 0 Å². The van der Waals surface area contributed by atoms with Gasteiger partial charge in [-0.05, 0) is 58.2 Å². The molecule has 0 heterocycles. The van der Waals surface area contributed by atoms with Gasteiger partial charge < -0.3 is 10.2 Å². The molecule has 1 atom stereocenters. The summed E-state index contributed by atoms with van der Waals surface area (Å²) in [6, 6.07) is 1.64. The minimum absolute atomic E-state index is 0.743. The Morgan fingerprint density at radius 3 is 2.44 bits per heavy atom. The summed E-state index contributed by atoms with van der Waals surface area (Å²) in [4.78, 5) is 2.72. The molecule has 1 aliphatic carbocycles. The van der Waals surface area contributed by atoms with Gasteiger partial charge in [-0.15, -0.1) is 0 Å². The highest BCUT2D eigenvalue weighted by Gasteiger charge is 2.20. The van der Waals surface area contributed by atoms with E-state index in [-0.39, 0.29) is 0 Å². The Morgan fingerprint density at radius 1 is 1.17 bits per heavy atom. The molecule has 0 spiro atoms. The van der Waals surface area contributed by atoms with E-state index in [1.807, 2.05) is 0 Å². The van der Waals surface area contributed by atoms with Crippen LogP contribution in [0.25, 0.3) is 0 Å². The molecule has 0 aromatic rings. The molecule has 0 saturated heterocycles. The molecule has 0 amide bonds. The van der Waals surface area contributed by atoms with Crippen molar-refractivity contribution in [2.24, 2.45) is 0 Å². The Hall–Kier alpha value is -0.0800. The molecule has 1 saturated carbocycles. The smallest absolute Gasteiger partial charge is 0.00951 e. The molecular weight excluding hydrogens is 220 g/mol. The summed E-state index contributed by atoms with van der Waals surface area (Å²) in [5.41, 5.74) is 0. The van der Waals surface area contributed by atoms with E-state index in [4.69, 9.17) is 0 Å². The van der Waals surface area contributed by atoms with Crippen LogP contribution >= 0.6 is 0 Å². The molecule has 1 aliphatic rings. The van der Waals surface area contributed by atoms with Crippen LogP contribution in [0.3, 0.4) is 0 Å². The Bertz CT molecular complexity index is 188. The van der Waals surface area contributed by atoms with Crippen molar-refractivity contribution >= 4 is 0 Å². The molecule has 0 aliphatic heterocycles. The van der Waals surface area contributed by atoms with Gasteiger partial charge in [-0.3, -0.25) is 0 Å². The fourth-order valence-electron chi connectivity index (χ4n) is 3.21. The highest BCUT2D eigenvalue weighted by Crippen LogP contribution is 2.23. The summed E-state index contributed by atoms with van der Waals surface area (Å²) < 4.78 is 0. The topological polar surface area (TPSA) is 15.3 Å². The molecule has 0 aromatic heterocycles. The fraction of sp³-hybridized carbons (Fsp3) is 1.00. The van der Waals surface area contributed by atoms with Gasteiger partial charge in [-0.1, -0.05) is 33.6 Å². The Kier molecular flexibility index (Phi) is 8.70. The summed E-state index contributed by atoms with van der Waals surface area (Å²) >= 11 is 0. The molecule has 18 heavy (non-hydrogen) atoms. The molecule has 1 rings (SSSR count). The van der Waals surface area contributed by atoms with Crippen LogP contribution in [0, 0.1) is 0 Å². The molecule has 0 radical (unpaired) electrons. The van der Waals surface area contributed by atoms with Crippen molar-refractivity contribution in [3.63, 3.8) is 0 Å². The molecule has 108 valence electrons. The van der Waals surface area contributed by atoms with Gasteiger partial charge in [0.2, 0.25) is 0 Å². The fourth-order valence-corrected chi connectivity index (χ4v) is 3.21. The van der Waals surface area contributed by atoms with E-state index < -0.39 is 0 Å². The maximum absolute atomic E-state index is 3.66. The van der Waals surface area contributed by atoms with E-state index in [9.17, 15) is 0 Å². The summed E-state index contributed by atoms with van der Waals surface area (Å²) in [6.07, 6.45) is 11.0. The third kappa shape index (κ3) is 5.71. The maximum Gasteiger partial charge on any atom is 0.00951 e. The first kappa shape index (κ1) is 16.0. The van der Waals surface area contributed by atoms with Crippen LogP contribution in [-0.2, 0) is 0 Å². The van der Waals surface area contributed by atoms with Crippen molar-refractivity contribution in [1.82, 2.24) is 10.2 Å². The van der Waals surface area contributed by atoms with Crippen LogP contribution in [0.4, 0.5) is 0 Å². The Labute approximate surface area is 115 Å². The van der Waals surface area contributed by atoms with Crippen molar-refractivity contribution in [2.45, 2.75) is 84.2 Å². The van der Waals surface area contributed by atoms with Crippen LogP contribution in [0.2, 0.25) is 0 Å². The lowest BCUT2D eigenvalue weighted by Gasteiger charge is -2.28. The Morgan fingerprint density at radius 2 is 1.89 bits per heavy atom. The average molecular weight is 254 g/mol. The quantitative estimate of drug-likeness (QED) is 0.638. The van der Waals surface area contributed by atoms with Gasteiger partial charge in [0.25, 0.3) is 0 Å². The van der Waals surface area contributed by atoms with Gasteiger partial charge in [0.05, 0.1) is 0 Å². The van der Waals surface area contributed by atoms with E-state index in [0.29, 0.717) is 0 Å². The highest BCUT2D eigenvalue weighted by molar-refractivity contribution is 4.77. The number of rotatable bonds is 10. The van der Waals surface area contributed by atoms with E-state index in [0.717, 1.165) is 12.1 Å². The normalized spacial score (nSPS) is 18.7. The highest BCUT2D eigenvalue weighted by atomic mass is 15.1. The molecule has 2 heteroatoms. The molecule has 0 aromatic carbocycles. The van der Waals surface area contributed by atoms with Crippen LogP contribution in [0.5, 0.6) is 0 Å². The standard InChI is InChI=1S/C16H34N2/c1-4-13-17-15(5-2)10-9-14-18(6-3)16-11-7-8-12-16/h15-17H,4-14H2,1-3H3. The molecular formula is C16H34N2. The Balaban J connectivity index is 2.16. The summed E-state index contributed by atoms with van der Waals surface area (Å²) in [5, 5.41) is 3.66. The predicted molar refractivity (Wildman–Crippen MR) is 81.1 cm³/mol. The van der Waals surface area contributed by atoms with E-state index >= 15 is 0 Å². The van der Waals surface area contributed by atoms with Gasteiger partial charge >= 0.3 is 0 Å². The van der Waals surface area contributed by atoms with Gasteiger partial charge in [0.15, 0.2) is 0 Å². The van der Waals surface area contributed by atoms with Crippen LogP contribution in [0.1, 0.15) is 72.1 Å². The summed E-state index contributed by atoms with van der Waals surface area (Å²) in [5.74, 6) is 0. The molecule has 0 bridgehead atoms. The minimum Gasteiger partial charge on any atom is -0.314 e. The van der Waals surface area contributed by atoms with Crippen molar-refractivity contribution in [3.05, 3.63) is 0 Å². The lowest BCUT2D eigenvalue weighted by Crippen LogP contribution is -2.35. The first-order valence-corrected chi connectivity index (χ1v) is 8.29. The molecule has 1 N–H and O–H groups in total. The van der Waals surface area contributed by atoms with Gasteiger partial charge in [0.1, 0.15) is 0 Å². The zero-order valence-electron chi connectivity index (χ0n) is 12.9. The van der Waals surface area contributed by atoms with E-state index in [1.54, 1.807) is 0 Å². The maximum atomic E-state index is 3.66. The van der Waals surface area contributed by atoms with Crippen LogP contribution in [0.15, 0.2) is 0 Å². The lowest BCUT2D eigenvalue weighted by molar-refractivity contribution is 0.201. The average Bonchev–Trinajstić information content (AvgIpc) is 2.92. The number of hydrogen-bond donors (Lipinski definition) is 1. The monoisotopic (exact) mass is 254 g/mol. The van der Waals surface area contributed by atoms with E-state index in [2.05, 4.69) is 31.0 Å². The van der Waals surface area contributed by atoms with E-state index in [1.165, 1.54) is 71.0 Å². The second-order valence-corrected chi connectivity index (χ2v) is 5.77. The first-order valence-electron chi connectivity index (χ1n) is 8.29. The second kappa shape index (κ2) is 9.80. The van der Waals surface area contributed by atoms with Gasteiger partial charge in [0, 0.05) is 12.1 Å². The molecule has 1 unspecified atom stereocenters. The molecule has 2 nitrogen and oxygen atoms in total. The largest absolute Gasteiger partial charge is 0.314 e.